The first kappa shape index (κ1) is 22.1. The Hall–Kier alpha value is -3.23. The summed E-state index contributed by atoms with van der Waals surface area (Å²) >= 11 is 0. The Morgan fingerprint density at radius 2 is 1.34 bits per heavy atom. The molecule has 0 atom stereocenters. The monoisotopic (exact) mass is 403 g/mol. The molecule has 0 unspecified atom stereocenters. The van der Waals surface area contributed by atoms with E-state index in [2.05, 4.69) is 4.74 Å². The number of carbonyl (C=O) groups is 1. The summed E-state index contributed by atoms with van der Waals surface area (Å²) in [6.45, 7) is 2.02. The van der Waals surface area contributed by atoms with E-state index in [9.17, 15) is 15.0 Å². The van der Waals surface area contributed by atoms with Crippen molar-refractivity contribution < 1.29 is 34.0 Å². The molecule has 2 aromatic rings. The molecule has 0 aliphatic heterocycles. The molecule has 0 saturated heterocycles. The molecular weight excluding hydrogens is 378 g/mol. The van der Waals surface area contributed by atoms with Crippen LogP contribution < -0.4 is 10.5 Å². The van der Waals surface area contributed by atoms with Gasteiger partial charge in [0.15, 0.2) is 0 Å². The van der Waals surface area contributed by atoms with Crippen molar-refractivity contribution in [2.24, 2.45) is 5.73 Å². The van der Waals surface area contributed by atoms with Gasteiger partial charge in [-0.1, -0.05) is 24.3 Å². The third-order valence-electron chi connectivity index (χ3n) is 3.61. The maximum atomic E-state index is 10.3. The summed E-state index contributed by atoms with van der Waals surface area (Å²) in [4.78, 5) is 10.3. The first-order valence-corrected chi connectivity index (χ1v) is 9.04. The molecule has 4 N–H and O–H groups in total. The van der Waals surface area contributed by atoms with Gasteiger partial charge in [-0.05, 0) is 35.4 Å². The van der Waals surface area contributed by atoms with Crippen molar-refractivity contribution in [1.29, 1.82) is 0 Å². The van der Waals surface area contributed by atoms with Crippen LogP contribution in [0.5, 0.6) is 17.2 Å². The highest BCUT2D eigenvalue weighted by Gasteiger charge is 1.98. The van der Waals surface area contributed by atoms with E-state index in [4.69, 9.17) is 19.9 Å². The number of ether oxygens (including phenoxy) is 4. The lowest BCUT2D eigenvalue weighted by Gasteiger charge is -2.08. The lowest BCUT2D eigenvalue weighted by Crippen LogP contribution is -2.17. The second-order valence-corrected chi connectivity index (χ2v) is 5.93. The van der Waals surface area contributed by atoms with Crippen LogP contribution in [-0.4, -0.2) is 55.9 Å². The first-order chi connectivity index (χ1) is 14.0. The van der Waals surface area contributed by atoms with Gasteiger partial charge in [0.2, 0.25) is 0 Å². The van der Waals surface area contributed by atoms with E-state index in [1.54, 1.807) is 18.2 Å². The molecule has 2 rings (SSSR count). The zero-order valence-corrected chi connectivity index (χ0v) is 16.0. The average molecular weight is 403 g/mol. The molecule has 2 aromatic carbocycles. The Bertz CT molecular complexity index is 770. The highest BCUT2D eigenvalue weighted by atomic mass is 16.6. The highest BCUT2D eigenvalue weighted by Crippen LogP contribution is 2.22. The molecule has 0 aliphatic rings. The van der Waals surface area contributed by atoms with E-state index in [1.807, 2.05) is 30.3 Å². The smallest absolute Gasteiger partial charge is 0.404 e. The number of hydrogen-bond acceptors (Lipinski definition) is 7. The highest BCUT2D eigenvalue weighted by molar-refractivity contribution is 5.71. The van der Waals surface area contributed by atoms with E-state index in [1.165, 1.54) is 6.07 Å². The van der Waals surface area contributed by atoms with Crippen LogP contribution in [0.4, 0.5) is 4.79 Å². The molecule has 0 radical (unpaired) electrons. The van der Waals surface area contributed by atoms with Crippen molar-refractivity contribution >= 4 is 18.2 Å². The van der Waals surface area contributed by atoms with Gasteiger partial charge in [-0.3, -0.25) is 0 Å². The topological polar surface area (TPSA) is 120 Å². The van der Waals surface area contributed by atoms with Gasteiger partial charge in [-0.25, -0.2) is 4.79 Å². The van der Waals surface area contributed by atoms with Crippen LogP contribution in [0.3, 0.4) is 0 Å². The number of nitrogens with two attached hydrogens (primary N) is 1. The quantitative estimate of drug-likeness (QED) is 0.368. The summed E-state index contributed by atoms with van der Waals surface area (Å²) in [6.07, 6.45) is 2.85. The van der Waals surface area contributed by atoms with Crippen molar-refractivity contribution in [2.45, 2.75) is 0 Å². The molecule has 8 nitrogen and oxygen atoms in total. The molecule has 0 bridgehead atoms. The van der Waals surface area contributed by atoms with Crippen LogP contribution in [0, 0.1) is 0 Å². The molecule has 0 aromatic heterocycles. The fraction of sp³-hybridized carbons (Fsp3) is 0.286. The Labute approximate surface area is 169 Å². The number of carbonyl (C=O) groups excluding carboxylic acids is 1. The van der Waals surface area contributed by atoms with Crippen molar-refractivity contribution in [3.8, 4) is 17.2 Å². The summed E-state index contributed by atoms with van der Waals surface area (Å²) in [5, 5.41) is 19.0. The summed E-state index contributed by atoms with van der Waals surface area (Å²) < 4.78 is 20.7. The van der Waals surface area contributed by atoms with Gasteiger partial charge in [0.25, 0.3) is 0 Å². The van der Waals surface area contributed by atoms with Crippen molar-refractivity contribution in [3.63, 3.8) is 0 Å². The second-order valence-electron chi connectivity index (χ2n) is 5.93. The maximum absolute atomic E-state index is 10.3. The van der Waals surface area contributed by atoms with E-state index >= 15 is 0 Å². The van der Waals surface area contributed by atoms with Gasteiger partial charge in [-0.2, -0.15) is 0 Å². The molecule has 0 fully saturated rings. The number of phenolic OH excluding ortho intramolecular Hbond substituents is 2. The Kier molecular flexibility index (Phi) is 9.34. The van der Waals surface area contributed by atoms with Crippen LogP contribution in [0.1, 0.15) is 11.1 Å². The third-order valence-corrected chi connectivity index (χ3v) is 3.61. The van der Waals surface area contributed by atoms with Gasteiger partial charge in [0.05, 0.1) is 26.4 Å². The Morgan fingerprint density at radius 3 is 1.97 bits per heavy atom. The lowest BCUT2D eigenvalue weighted by atomic mass is 10.1. The van der Waals surface area contributed by atoms with E-state index in [0.29, 0.717) is 32.0 Å². The molecule has 156 valence electrons. The van der Waals surface area contributed by atoms with E-state index in [0.717, 1.165) is 11.3 Å². The number of phenols is 2. The number of rotatable bonds is 12. The standard InChI is InChI=1S/C21H25NO7/c22-21(25)29-12-10-27-8-7-26-9-11-28-20-5-3-16(4-6-20)1-2-17-13-18(23)15-19(24)14-17/h1-6,13-15,23-24H,7-12H2,(H2,22,25). The molecule has 0 aliphatic carbocycles. The van der Waals surface area contributed by atoms with Crippen LogP contribution in [0.2, 0.25) is 0 Å². The molecule has 1 amide bonds. The summed E-state index contributed by atoms with van der Waals surface area (Å²) in [7, 11) is 0. The molecule has 29 heavy (non-hydrogen) atoms. The molecule has 8 heteroatoms. The average Bonchev–Trinajstić information content (AvgIpc) is 2.68. The Morgan fingerprint density at radius 1 is 0.793 bits per heavy atom. The third kappa shape index (κ3) is 9.50. The first-order valence-electron chi connectivity index (χ1n) is 9.04. The van der Waals surface area contributed by atoms with E-state index < -0.39 is 6.09 Å². The maximum Gasteiger partial charge on any atom is 0.404 e. The van der Waals surface area contributed by atoms with Crippen LogP contribution in [0.25, 0.3) is 12.2 Å². The van der Waals surface area contributed by atoms with Crippen LogP contribution in [-0.2, 0) is 14.2 Å². The molecule has 0 heterocycles. The van der Waals surface area contributed by atoms with Gasteiger partial charge >= 0.3 is 6.09 Å². The minimum Gasteiger partial charge on any atom is -0.508 e. The predicted octanol–water partition coefficient (Wildman–Crippen LogP) is 2.78. The SMILES string of the molecule is NC(=O)OCCOCCOCCOc1ccc(C=Cc2cc(O)cc(O)c2)cc1. The fourth-order valence-electron chi connectivity index (χ4n) is 2.32. The van der Waals surface area contributed by atoms with Gasteiger partial charge < -0.3 is 34.9 Å². The minimum absolute atomic E-state index is 0.0132. The van der Waals surface area contributed by atoms with Crippen LogP contribution >= 0.6 is 0 Å². The molecule has 0 saturated carbocycles. The molecular formula is C21H25NO7. The molecule has 0 spiro atoms. The van der Waals surface area contributed by atoms with Gasteiger partial charge in [-0.15, -0.1) is 0 Å². The Balaban J connectivity index is 1.60. The zero-order valence-electron chi connectivity index (χ0n) is 16.0. The normalized spacial score (nSPS) is 10.9. The fourth-order valence-corrected chi connectivity index (χ4v) is 2.32. The summed E-state index contributed by atoms with van der Waals surface area (Å²) in [5.41, 5.74) is 6.47. The van der Waals surface area contributed by atoms with Gasteiger partial charge in [0.1, 0.15) is 30.5 Å². The van der Waals surface area contributed by atoms with Crippen LogP contribution in [0.15, 0.2) is 42.5 Å². The largest absolute Gasteiger partial charge is 0.508 e. The van der Waals surface area contributed by atoms with E-state index in [-0.39, 0.29) is 24.7 Å². The zero-order chi connectivity index (χ0) is 20.9. The summed E-state index contributed by atoms with van der Waals surface area (Å²) in [5.74, 6) is 0.749. The number of primary amides is 1. The number of hydrogen-bond donors (Lipinski definition) is 3. The number of amides is 1. The second kappa shape index (κ2) is 12.3. The summed E-state index contributed by atoms with van der Waals surface area (Å²) in [6, 6.07) is 11.9. The van der Waals surface area contributed by atoms with Crippen molar-refractivity contribution in [1.82, 2.24) is 0 Å². The minimum atomic E-state index is -0.817. The van der Waals surface area contributed by atoms with Crippen molar-refractivity contribution in [3.05, 3.63) is 53.6 Å². The van der Waals surface area contributed by atoms with Crippen molar-refractivity contribution in [2.75, 3.05) is 39.6 Å². The van der Waals surface area contributed by atoms with Gasteiger partial charge in [0, 0.05) is 6.07 Å². The number of aromatic hydroxyl groups is 2. The lowest BCUT2D eigenvalue weighted by molar-refractivity contribution is 0.0218. The predicted molar refractivity (Wildman–Crippen MR) is 108 cm³/mol. The number of benzene rings is 2.